The zero-order valence-corrected chi connectivity index (χ0v) is 12.8. The maximum Gasteiger partial charge on any atom is 0.122 e. The lowest BCUT2D eigenvalue weighted by molar-refractivity contribution is 0.409. The molecule has 0 fully saturated rings. The van der Waals surface area contributed by atoms with E-state index in [0.29, 0.717) is 18.0 Å². The van der Waals surface area contributed by atoms with Crippen LogP contribution in [0.1, 0.15) is 50.3 Å². The fraction of sp³-hybridized carbons (Fsp3) is 0.625. The van der Waals surface area contributed by atoms with Crippen LogP contribution in [0.5, 0.6) is 5.75 Å². The molecule has 0 aliphatic rings. The molecule has 0 bridgehead atoms. The van der Waals surface area contributed by atoms with E-state index in [1.165, 1.54) is 16.7 Å². The summed E-state index contributed by atoms with van der Waals surface area (Å²) in [6, 6.07) is 5.39. The average molecular weight is 249 g/mol. The van der Waals surface area contributed by atoms with Crippen molar-refractivity contribution in [3.05, 3.63) is 28.8 Å². The van der Waals surface area contributed by atoms with Gasteiger partial charge in [-0.15, -0.1) is 0 Å². The third-order valence-corrected chi connectivity index (χ3v) is 3.62. The van der Waals surface area contributed by atoms with Crippen LogP contribution < -0.4 is 10.1 Å². The molecule has 0 aliphatic carbocycles. The molecule has 2 nitrogen and oxygen atoms in total. The molecule has 0 saturated carbocycles. The van der Waals surface area contributed by atoms with Gasteiger partial charge in [0.1, 0.15) is 5.75 Å². The van der Waals surface area contributed by atoms with Gasteiger partial charge in [-0.3, -0.25) is 0 Å². The van der Waals surface area contributed by atoms with E-state index < -0.39 is 0 Å². The van der Waals surface area contributed by atoms with Gasteiger partial charge in [-0.05, 0) is 49.4 Å². The van der Waals surface area contributed by atoms with Crippen molar-refractivity contribution in [2.45, 2.75) is 59.5 Å². The van der Waals surface area contributed by atoms with Crippen molar-refractivity contribution in [2.75, 3.05) is 7.11 Å². The molecule has 0 aliphatic heterocycles. The average Bonchev–Trinajstić information content (AvgIpc) is 2.29. The van der Waals surface area contributed by atoms with E-state index in [1.54, 1.807) is 7.11 Å². The summed E-state index contributed by atoms with van der Waals surface area (Å²) >= 11 is 0. The Kier molecular flexibility index (Phi) is 5.21. The summed E-state index contributed by atoms with van der Waals surface area (Å²) in [7, 11) is 1.73. The van der Waals surface area contributed by atoms with Crippen LogP contribution in [0.15, 0.2) is 12.1 Å². The van der Waals surface area contributed by atoms with E-state index in [1.807, 2.05) is 0 Å². The number of benzene rings is 1. The highest BCUT2D eigenvalue weighted by molar-refractivity contribution is 5.43. The molecular weight excluding hydrogens is 222 g/mol. The molecule has 0 heterocycles. The number of hydrogen-bond donors (Lipinski definition) is 1. The second-order valence-corrected chi connectivity index (χ2v) is 5.58. The van der Waals surface area contributed by atoms with Crippen molar-refractivity contribution >= 4 is 0 Å². The Morgan fingerprint density at radius 1 is 1.00 bits per heavy atom. The van der Waals surface area contributed by atoms with Gasteiger partial charge in [-0.25, -0.2) is 0 Å². The first kappa shape index (κ1) is 15.0. The number of hydrogen-bond acceptors (Lipinski definition) is 2. The minimum absolute atomic E-state index is 0.469. The monoisotopic (exact) mass is 249 g/mol. The van der Waals surface area contributed by atoms with Crippen molar-refractivity contribution in [3.63, 3.8) is 0 Å². The largest absolute Gasteiger partial charge is 0.496 e. The summed E-state index contributed by atoms with van der Waals surface area (Å²) in [5, 5.41) is 3.58. The maximum atomic E-state index is 5.37. The number of rotatable bonds is 5. The molecule has 102 valence electrons. The highest BCUT2D eigenvalue weighted by Gasteiger charge is 2.18. The molecule has 1 aromatic carbocycles. The first-order valence-corrected chi connectivity index (χ1v) is 6.78. The van der Waals surface area contributed by atoms with E-state index >= 15 is 0 Å². The Bertz CT molecular complexity index is 398. The van der Waals surface area contributed by atoms with E-state index in [2.05, 4.69) is 59.0 Å². The molecule has 1 aromatic rings. The lowest BCUT2D eigenvalue weighted by atomic mass is 9.89. The molecule has 2 heteroatoms. The Hall–Kier alpha value is -1.02. The molecule has 0 spiro atoms. The number of methoxy groups -OCH3 is 1. The Labute approximate surface area is 112 Å². The summed E-state index contributed by atoms with van der Waals surface area (Å²) in [5.41, 5.74) is 3.93. The van der Waals surface area contributed by atoms with Crippen molar-refractivity contribution in [2.24, 2.45) is 0 Å². The van der Waals surface area contributed by atoms with Crippen LogP contribution in [-0.2, 0) is 0 Å². The molecule has 0 amide bonds. The lowest BCUT2D eigenvalue weighted by Crippen LogP contribution is -2.36. The number of aryl methyl sites for hydroxylation is 2. The Morgan fingerprint density at radius 3 is 2.11 bits per heavy atom. The summed E-state index contributed by atoms with van der Waals surface area (Å²) in [6.45, 7) is 13.2. The van der Waals surface area contributed by atoms with Crippen molar-refractivity contribution in [1.29, 1.82) is 0 Å². The van der Waals surface area contributed by atoms with Gasteiger partial charge in [0.05, 0.1) is 7.11 Å². The van der Waals surface area contributed by atoms with E-state index in [-0.39, 0.29) is 0 Å². The quantitative estimate of drug-likeness (QED) is 0.857. The molecule has 18 heavy (non-hydrogen) atoms. The molecule has 0 radical (unpaired) electrons. The SMILES string of the molecule is COc1cc(C)c(C(C)C(C)NC(C)C)cc1C. The van der Waals surface area contributed by atoms with Crippen LogP contribution in [0.4, 0.5) is 0 Å². The van der Waals surface area contributed by atoms with E-state index in [4.69, 9.17) is 4.74 Å². The third-order valence-electron chi connectivity index (χ3n) is 3.62. The van der Waals surface area contributed by atoms with Gasteiger partial charge in [0, 0.05) is 12.1 Å². The lowest BCUT2D eigenvalue weighted by Gasteiger charge is -2.26. The zero-order valence-electron chi connectivity index (χ0n) is 12.8. The van der Waals surface area contributed by atoms with Crippen LogP contribution in [0.2, 0.25) is 0 Å². The van der Waals surface area contributed by atoms with Crippen molar-refractivity contribution in [3.8, 4) is 5.75 Å². The van der Waals surface area contributed by atoms with Gasteiger partial charge in [0.2, 0.25) is 0 Å². The van der Waals surface area contributed by atoms with Gasteiger partial charge < -0.3 is 10.1 Å². The van der Waals surface area contributed by atoms with Crippen LogP contribution in [0.3, 0.4) is 0 Å². The van der Waals surface area contributed by atoms with E-state index in [9.17, 15) is 0 Å². The summed E-state index contributed by atoms with van der Waals surface area (Å²) in [6.07, 6.45) is 0. The zero-order chi connectivity index (χ0) is 13.9. The van der Waals surface area contributed by atoms with Gasteiger partial charge in [0.15, 0.2) is 0 Å². The smallest absolute Gasteiger partial charge is 0.122 e. The van der Waals surface area contributed by atoms with Crippen LogP contribution in [0.25, 0.3) is 0 Å². The highest BCUT2D eigenvalue weighted by atomic mass is 16.5. The standard InChI is InChI=1S/C16H27NO/c1-10(2)17-14(6)13(5)15-8-12(4)16(18-7)9-11(15)3/h8-10,13-14,17H,1-7H3. The third kappa shape index (κ3) is 3.49. The predicted octanol–water partition coefficient (Wildman–Crippen LogP) is 3.80. The van der Waals surface area contributed by atoms with Crippen LogP contribution in [0, 0.1) is 13.8 Å². The number of ether oxygens (including phenoxy) is 1. The molecule has 2 atom stereocenters. The minimum Gasteiger partial charge on any atom is -0.496 e. The molecule has 0 saturated heterocycles. The summed E-state index contributed by atoms with van der Waals surface area (Å²) < 4.78 is 5.37. The first-order chi connectivity index (χ1) is 8.36. The van der Waals surface area contributed by atoms with Crippen LogP contribution in [-0.4, -0.2) is 19.2 Å². The fourth-order valence-electron chi connectivity index (χ4n) is 2.46. The molecular formula is C16H27NO. The summed E-state index contributed by atoms with van der Waals surface area (Å²) in [5.74, 6) is 1.48. The van der Waals surface area contributed by atoms with Gasteiger partial charge >= 0.3 is 0 Å². The van der Waals surface area contributed by atoms with Gasteiger partial charge in [-0.2, -0.15) is 0 Å². The predicted molar refractivity (Wildman–Crippen MR) is 78.6 cm³/mol. The van der Waals surface area contributed by atoms with Crippen molar-refractivity contribution in [1.82, 2.24) is 5.32 Å². The first-order valence-electron chi connectivity index (χ1n) is 6.78. The second kappa shape index (κ2) is 6.24. The molecule has 1 rings (SSSR count). The molecule has 2 unspecified atom stereocenters. The molecule has 1 N–H and O–H groups in total. The Balaban J connectivity index is 2.98. The van der Waals surface area contributed by atoms with Gasteiger partial charge in [0.25, 0.3) is 0 Å². The summed E-state index contributed by atoms with van der Waals surface area (Å²) in [4.78, 5) is 0. The Morgan fingerprint density at radius 2 is 1.61 bits per heavy atom. The fourth-order valence-corrected chi connectivity index (χ4v) is 2.46. The highest BCUT2D eigenvalue weighted by Crippen LogP contribution is 2.29. The van der Waals surface area contributed by atoms with E-state index in [0.717, 1.165) is 5.75 Å². The topological polar surface area (TPSA) is 21.3 Å². The normalized spacial score (nSPS) is 14.7. The minimum atomic E-state index is 0.469. The van der Waals surface area contributed by atoms with Crippen LogP contribution >= 0.6 is 0 Å². The number of nitrogens with one attached hydrogen (secondary N) is 1. The van der Waals surface area contributed by atoms with Crippen molar-refractivity contribution < 1.29 is 4.74 Å². The molecule has 0 aromatic heterocycles. The van der Waals surface area contributed by atoms with Gasteiger partial charge in [-0.1, -0.05) is 26.8 Å². The maximum absolute atomic E-state index is 5.37. The second-order valence-electron chi connectivity index (χ2n) is 5.58.